The summed E-state index contributed by atoms with van der Waals surface area (Å²) in [6.45, 7) is 9.39. The molecule has 1 atom stereocenters. The van der Waals surface area contributed by atoms with Crippen molar-refractivity contribution in [2.24, 2.45) is 0 Å². The summed E-state index contributed by atoms with van der Waals surface area (Å²) in [5, 5.41) is 2.84. The number of benzene rings is 2. The molecule has 2 aromatic carbocycles. The lowest BCUT2D eigenvalue weighted by Gasteiger charge is -2.44. The Morgan fingerprint density at radius 1 is 0.966 bits per heavy atom. The third kappa shape index (κ3) is 5.37. The summed E-state index contributed by atoms with van der Waals surface area (Å²) in [6.07, 6.45) is 2.58. The van der Waals surface area contributed by atoms with Crippen LogP contribution >= 0.6 is 0 Å². The second-order valence-corrected chi connectivity index (χ2v) is 8.27. The summed E-state index contributed by atoms with van der Waals surface area (Å²) in [5.74, 6) is -0.0241. The Kier molecular flexibility index (Phi) is 6.47. The quantitative estimate of drug-likeness (QED) is 0.846. The Balaban J connectivity index is 1.28. The van der Waals surface area contributed by atoms with E-state index < -0.39 is 0 Å². The summed E-state index contributed by atoms with van der Waals surface area (Å²) in [4.78, 5) is 19.0. The number of piperidine rings is 1. The van der Waals surface area contributed by atoms with E-state index in [-0.39, 0.29) is 5.91 Å². The number of amides is 1. The zero-order valence-electron chi connectivity index (χ0n) is 17.4. The molecule has 0 spiro atoms. The maximum atomic E-state index is 11.2. The number of piperazine rings is 1. The number of hydrogen-bond acceptors (Lipinski definition) is 4. The summed E-state index contributed by atoms with van der Waals surface area (Å²) in [6, 6.07) is 19.7. The van der Waals surface area contributed by atoms with Crippen molar-refractivity contribution in [3.05, 3.63) is 60.2 Å². The van der Waals surface area contributed by atoms with Gasteiger partial charge in [0.2, 0.25) is 5.91 Å². The van der Waals surface area contributed by atoms with E-state index in [1.54, 1.807) is 6.92 Å². The molecule has 1 N–H and O–H groups in total. The molecule has 2 fully saturated rings. The van der Waals surface area contributed by atoms with Crippen LogP contribution in [0.25, 0.3) is 0 Å². The zero-order chi connectivity index (χ0) is 20.1. The monoisotopic (exact) mass is 392 g/mol. The standard InChI is InChI=1S/C24H32N4O/c1-20(29)25-22-11-9-21(10-12-22)18-26-13-5-8-24(19-26)28-16-14-27(15-17-28)23-6-3-2-4-7-23/h2-4,6-7,9-12,24H,5,8,13-19H2,1H3,(H,25,29)/t24-/m1/s1. The van der Waals surface area contributed by atoms with Gasteiger partial charge in [0.25, 0.3) is 0 Å². The van der Waals surface area contributed by atoms with Crippen molar-refractivity contribution >= 4 is 17.3 Å². The molecule has 5 nitrogen and oxygen atoms in total. The van der Waals surface area contributed by atoms with E-state index in [2.05, 4.69) is 62.5 Å². The van der Waals surface area contributed by atoms with Crippen LogP contribution in [0.3, 0.4) is 0 Å². The summed E-state index contributed by atoms with van der Waals surface area (Å²) in [5.41, 5.74) is 3.53. The molecule has 2 saturated heterocycles. The zero-order valence-corrected chi connectivity index (χ0v) is 17.4. The molecule has 154 valence electrons. The molecule has 4 rings (SSSR count). The maximum absolute atomic E-state index is 11.2. The van der Waals surface area contributed by atoms with Crippen molar-refractivity contribution in [3.8, 4) is 0 Å². The van der Waals surface area contributed by atoms with E-state index >= 15 is 0 Å². The highest BCUT2D eigenvalue weighted by molar-refractivity contribution is 5.88. The van der Waals surface area contributed by atoms with Gasteiger partial charge in [-0.05, 0) is 49.2 Å². The van der Waals surface area contributed by atoms with Crippen LogP contribution in [0.5, 0.6) is 0 Å². The molecule has 0 aliphatic carbocycles. The number of likely N-dealkylation sites (tertiary alicyclic amines) is 1. The maximum Gasteiger partial charge on any atom is 0.221 e. The van der Waals surface area contributed by atoms with Crippen LogP contribution in [0, 0.1) is 0 Å². The normalized spacial score (nSPS) is 21.1. The highest BCUT2D eigenvalue weighted by atomic mass is 16.1. The second-order valence-electron chi connectivity index (χ2n) is 8.27. The fourth-order valence-corrected chi connectivity index (χ4v) is 4.61. The lowest BCUT2D eigenvalue weighted by atomic mass is 10.0. The first-order valence-electron chi connectivity index (χ1n) is 10.8. The van der Waals surface area contributed by atoms with Crippen LogP contribution in [0.2, 0.25) is 0 Å². The molecule has 0 radical (unpaired) electrons. The van der Waals surface area contributed by atoms with Crippen molar-refractivity contribution in [2.45, 2.75) is 32.4 Å². The Hall–Kier alpha value is -2.37. The minimum absolute atomic E-state index is 0.0241. The molecule has 0 bridgehead atoms. The predicted octanol–water partition coefficient (Wildman–Crippen LogP) is 3.43. The molecule has 29 heavy (non-hydrogen) atoms. The van der Waals surface area contributed by atoms with Gasteiger partial charge in [-0.25, -0.2) is 0 Å². The molecule has 0 unspecified atom stereocenters. The summed E-state index contributed by atoms with van der Waals surface area (Å²) >= 11 is 0. The summed E-state index contributed by atoms with van der Waals surface area (Å²) < 4.78 is 0. The Morgan fingerprint density at radius 3 is 2.38 bits per heavy atom. The van der Waals surface area contributed by atoms with Gasteiger partial charge < -0.3 is 10.2 Å². The third-order valence-electron chi connectivity index (χ3n) is 6.11. The smallest absolute Gasteiger partial charge is 0.221 e. The molecule has 2 aromatic rings. The van der Waals surface area contributed by atoms with Crippen LogP contribution in [0.15, 0.2) is 54.6 Å². The number of anilines is 2. The van der Waals surface area contributed by atoms with Crippen LogP contribution in [0.4, 0.5) is 11.4 Å². The van der Waals surface area contributed by atoms with Gasteiger partial charge in [-0.3, -0.25) is 14.6 Å². The third-order valence-corrected chi connectivity index (χ3v) is 6.11. The van der Waals surface area contributed by atoms with Crippen molar-refractivity contribution in [1.82, 2.24) is 9.80 Å². The highest BCUT2D eigenvalue weighted by Gasteiger charge is 2.28. The minimum atomic E-state index is -0.0241. The lowest BCUT2D eigenvalue weighted by Crippen LogP contribution is -2.55. The molecule has 1 amide bonds. The van der Waals surface area contributed by atoms with E-state index in [9.17, 15) is 4.79 Å². The molecule has 0 aromatic heterocycles. The number of carbonyl (C=O) groups excluding carboxylic acids is 1. The second kappa shape index (κ2) is 9.42. The first-order chi connectivity index (χ1) is 14.2. The fourth-order valence-electron chi connectivity index (χ4n) is 4.61. The van der Waals surface area contributed by atoms with Gasteiger partial charge in [-0.2, -0.15) is 0 Å². The highest BCUT2D eigenvalue weighted by Crippen LogP contribution is 2.22. The number of nitrogens with one attached hydrogen (secondary N) is 1. The number of para-hydroxylation sites is 1. The predicted molar refractivity (Wildman–Crippen MR) is 119 cm³/mol. The van der Waals surface area contributed by atoms with E-state index in [0.717, 1.165) is 45.0 Å². The van der Waals surface area contributed by atoms with Crippen LogP contribution in [0.1, 0.15) is 25.3 Å². The Bertz CT molecular complexity index is 784. The number of nitrogens with zero attached hydrogens (tertiary/aromatic N) is 3. The fraction of sp³-hybridized carbons (Fsp3) is 0.458. The number of carbonyl (C=O) groups is 1. The van der Waals surface area contributed by atoms with Crippen LogP contribution in [-0.2, 0) is 11.3 Å². The van der Waals surface area contributed by atoms with Gasteiger partial charge >= 0.3 is 0 Å². The van der Waals surface area contributed by atoms with Crippen molar-refractivity contribution in [3.63, 3.8) is 0 Å². The largest absolute Gasteiger partial charge is 0.369 e. The van der Waals surface area contributed by atoms with E-state index in [4.69, 9.17) is 0 Å². The Labute approximate surface area is 174 Å². The van der Waals surface area contributed by atoms with Gasteiger partial charge in [0, 0.05) is 63.6 Å². The van der Waals surface area contributed by atoms with Gasteiger partial charge in [0.1, 0.15) is 0 Å². The van der Waals surface area contributed by atoms with Gasteiger partial charge in [0.15, 0.2) is 0 Å². The van der Waals surface area contributed by atoms with Crippen molar-refractivity contribution in [2.75, 3.05) is 49.5 Å². The van der Waals surface area contributed by atoms with E-state index in [1.807, 2.05) is 12.1 Å². The van der Waals surface area contributed by atoms with Crippen LogP contribution in [-0.4, -0.2) is 61.0 Å². The Morgan fingerprint density at radius 2 is 1.69 bits per heavy atom. The SMILES string of the molecule is CC(=O)Nc1ccc(CN2CCC[C@@H](N3CCN(c4ccccc4)CC3)C2)cc1. The van der Waals surface area contributed by atoms with Crippen molar-refractivity contribution in [1.29, 1.82) is 0 Å². The van der Waals surface area contributed by atoms with Gasteiger partial charge in [-0.1, -0.05) is 30.3 Å². The van der Waals surface area contributed by atoms with E-state index in [0.29, 0.717) is 6.04 Å². The molecule has 2 aliphatic rings. The lowest BCUT2D eigenvalue weighted by molar-refractivity contribution is -0.114. The van der Waals surface area contributed by atoms with Crippen molar-refractivity contribution < 1.29 is 4.79 Å². The number of rotatable bonds is 5. The van der Waals surface area contributed by atoms with E-state index in [1.165, 1.54) is 30.6 Å². The number of hydrogen-bond donors (Lipinski definition) is 1. The molecular weight excluding hydrogens is 360 g/mol. The first-order valence-corrected chi connectivity index (χ1v) is 10.8. The first kappa shape index (κ1) is 19.9. The average molecular weight is 393 g/mol. The molecule has 2 aliphatic heterocycles. The molecule has 2 heterocycles. The summed E-state index contributed by atoms with van der Waals surface area (Å²) in [7, 11) is 0. The minimum Gasteiger partial charge on any atom is -0.369 e. The van der Waals surface area contributed by atoms with Crippen LogP contribution < -0.4 is 10.2 Å². The average Bonchev–Trinajstić information content (AvgIpc) is 2.76. The topological polar surface area (TPSA) is 38.8 Å². The molecule has 5 heteroatoms. The molecular formula is C24H32N4O. The molecule has 0 saturated carbocycles. The van der Waals surface area contributed by atoms with Gasteiger partial charge in [-0.15, -0.1) is 0 Å². The van der Waals surface area contributed by atoms with Gasteiger partial charge in [0.05, 0.1) is 0 Å².